The van der Waals surface area contributed by atoms with Crippen LogP contribution in [0.15, 0.2) is 36.5 Å². The molecule has 2 N–H and O–H groups in total. The standard InChI is InChI=1S/C20H21ClN2O3/c1-20(6-2-7-20)23-19(26)17-10-13(5-8-22-17)9-16(24)12-14-11-15(21)3-4-18(14)25/h3-5,8,10-11,25H,2,6-7,9,12H2,1H3,(H,23,26). The highest BCUT2D eigenvalue weighted by atomic mass is 35.5. The van der Waals surface area contributed by atoms with Gasteiger partial charge in [0.1, 0.15) is 17.2 Å². The van der Waals surface area contributed by atoms with Gasteiger partial charge in [0.2, 0.25) is 0 Å². The number of carbonyl (C=O) groups excluding carboxylic acids is 2. The summed E-state index contributed by atoms with van der Waals surface area (Å²) in [7, 11) is 0. The third-order valence-corrected chi connectivity index (χ3v) is 4.99. The maximum Gasteiger partial charge on any atom is 0.270 e. The van der Waals surface area contributed by atoms with E-state index in [0.717, 1.165) is 24.8 Å². The Kier molecular flexibility index (Phi) is 5.28. The summed E-state index contributed by atoms with van der Waals surface area (Å²) in [4.78, 5) is 28.8. The molecule has 0 bridgehead atoms. The minimum absolute atomic E-state index is 0.0475. The zero-order chi connectivity index (χ0) is 18.7. The van der Waals surface area contributed by atoms with Crippen LogP contribution in [-0.2, 0) is 17.6 Å². The lowest BCUT2D eigenvalue weighted by Crippen LogP contribution is -2.51. The molecule has 1 aliphatic carbocycles. The Morgan fingerprint density at radius 2 is 2.00 bits per heavy atom. The quantitative estimate of drug-likeness (QED) is 0.813. The smallest absolute Gasteiger partial charge is 0.270 e. The van der Waals surface area contributed by atoms with Gasteiger partial charge in [0.05, 0.1) is 0 Å². The van der Waals surface area contributed by atoms with E-state index in [9.17, 15) is 14.7 Å². The van der Waals surface area contributed by atoms with Gasteiger partial charge in [0.15, 0.2) is 0 Å². The van der Waals surface area contributed by atoms with Gasteiger partial charge in [-0.2, -0.15) is 0 Å². The Hall–Kier alpha value is -2.40. The van der Waals surface area contributed by atoms with Crippen molar-refractivity contribution < 1.29 is 14.7 Å². The van der Waals surface area contributed by atoms with Crippen LogP contribution in [0.5, 0.6) is 5.75 Å². The second kappa shape index (κ2) is 7.46. The first-order valence-electron chi connectivity index (χ1n) is 8.61. The third kappa shape index (κ3) is 4.41. The largest absolute Gasteiger partial charge is 0.508 e. The van der Waals surface area contributed by atoms with E-state index in [0.29, 0.717) is 16.3 Å². The Balaban J connectivity index is 1.65. The van der Waals surface area contributed by atoms with Crippen molar-refractivity contribution in [2.24, 2.45) is 0 Å². The molecule has 1 saturated carbocycles. The first kappa shape index (κ1) is 18.4. The van der Waals surface area contributed by atoms with Gasteiger partial charge in [-0.3, -0.25) is 14.6 Å². The fraction of sp³-hybridized carbons (Fsp3) is 0.350. The van der Waals surface area contributed by atoms with Crippen molar-refractivity contribution in [3.05, 3.63) is 58.4 Å². The normalized spacial score (nSPS) is 15.2. The average Bonchev–Trinajstić information content (AvgIpc) is 2.57. The van der Waals surface area contributed by atoms with Crippen LogP contribution in [0.3, 0.4) is 0 Å². The van der Waals surface area contributed by atoms with Gasteiger partial charge < -0.3 is 10.4 Å². The molecule has 0 unspecified atom stereocenters. The average molecular weight is 373 g/mol. The second-order valence-corrected chi connectivity index (χ2v) is 7.52. The van der Waals surface area contributed by atoms with E-state index >= 15 is 0 Å². The number of phenolic OH excluding ortho intramolecular Hbond substituents is 1. The SMILES string of the molecule is CC1(NC(=O)c2cc(CC(=O)Cc3cc(Cl)ccc3O)ccn2)CCC1. The van der Waals surface area contributed by atoms with Gasteiger partial charge in [-0.25, -0.2) is 0 Å². The van der Waals surface area contributed by atoms with E-state index in [2.05, 4.69) is 10.3 Å². The van der Waals surface area contributed by atoms with Gasteiger partial charge in [-0.1, -0.05) is 11.6 Å². The predicted octanol–water partition coefficient (Wildman–Crippen LogP) is 3.47. The fourth-order valence-corrected chi connectivity index (χ4v) is 3.27. The molecule has 1 aromatic heterocycles. The summed E-state index contributed by atoms with van der Waals surface area (Å²) >= 11 is 5.91. The number of Topliss-reactive ketones (excluding diaryl/α,β-unsaturated/α-hetero) is 1. The molecule has 1 aromatic carbocycles. The maximum absolute atomic E-state index is 12.4. The van der Waals surface area contributed by atoms with Crippen molar-refractivity contribution in [3.63, 3.8) is 0 Å². The summed E-state index contributed by atoms with van der Waals surface area (Å²) in [6, 6.07) is 7.99. The number of benzene rings is 1. The van der Waals surface area contributed by atoms with Crippen molar-refractivity contribution in [2.75, 3.05) is 0 Å². The third-order valence-electron chi connectivity index (χ3n) is 4.76. The van der Waals surface area contributed by atoms with Gasteiger partial charge in [0.25, 0.3) is 5.91 Å². The Morgan fingerprint density at radius 3 is 2.69 bits per heavy atom. The molecule has 0 saturated heterocycles. The van der Waals surface area contributed by atoms with Crippen molar-refractivity contribution in [3.8, 4) is 5.75 Å². The van der Waals surface area contributed by atoms with Crippen molar-refractivity contribution in [1.29, 1.82) is 0 Å². The number of carbonyl (C=O) groups is 2. The van der Waals surface area contributed by atoms with Crippen LogP contribution in [0.1, 0.15) is 47.8 Å². The van der Waals surface area contributed by atoms with Crippen LogP contribution in [0.25, 0.3) is 0 Å². The minimum atomic E-state index is -0.214. The predicted molar refractivity (Wildman–Crippen MR) is 99.5 cm³/mol. The number of phenols is 1. The van der Waals surface area contributed by atoms with Crippen molar-refractivity contribution >= 4 is 23.3 Å². The van der Waals surface area contributed by atoms with Crippen molar-refractivity contribution in [1.82, 2.24) is 10.3 Å². The molecule has 0 atom stereocenters. The Bertz CT molecular complexity index is 847. The lowest BCUT2D eigenvalue weighted by Gasteiger charge is -2.39. The Labute approximate surface area is 157 Å². The molecule has 0 aliphatic heterocycles. The number of halogens is 1. The van der Waals surface area contributed by atoms with E-state index in [-0.39, 0.29) is 35.8 Å². The van der Waals surface area contributed by atoms with Gasteiger partial charge in [-0.05, 0) is 62.1 Å². The number of hydrogen-bond donors (Lipinski definition) is 2. The number of amides is 1. The molecule has 136 valence electrons. The lowest BCUT2D eigenvalue weighted by atomic mass is 9.78. The molecule has 1 amide bonds. The molecule has 26 heavy (non-hydrogen) atoms. The molecule has 1 heterocycles. The number of nitrogens with zero attached hydrogens (tertiary/aromatic N) is 1. The number of aromatic nitrogens is 1. The molecular weight excluding hydrogens is 352 g/mol. The van der Waals surface area contributed by atoms with Crippen LogP contribution < -0.4 is 5.32 Å². The van der Waals surface area contributed by atoms with Crippen molar-refractivity contribution in [2.45, 2.75) is 44.6 Å². The molecule has 5 nitrogen and oxygen atoms in total. The van der Waals surface area contributed by atoms with E-state index in [1.807, 2.05) is 6.92 Å². The fourth-order valence-electron chi connectivity index (χ4n) is 3.08. The number of ketones is 1. The highest BCUT2D eigenvalue weighted by molar-refractivity contribution is 6.30. The highest BCUT2D eigenvalue weighted by Gasteiger charge is 2.33. The molecule has 0 spiro atoms. The van der Waals surface area contributed by atoms with Crippen LogP contribution in [0.4, 0.5) is 0 Å². The summed E-state index contributed by atoms with van der Waals surface area (Å²) in [6.45, 7) is 2.03. The highest BCUT2D eigenvalue weighted by Crippen LogP contribution is 2.31. The molecular formula is C20H21ClN2O3. The number of aromatic hydroxyl groups is 1. The lowest BCUT2D eigenvalue weighted by molar-refractivity contribution is -0.117. The van der Waals surface area contributed by atoms with Crippen LogP contribution in [0.2, 0.25) is 5.02 Å². The maximum atomic E-state index is 12.4. The number of hydrogen-bond acceptors (Lipinski definition) is 4. The summed E-state index contributed by atoms with van der Waals surface area (Å²) in [5, 5.41) is 13.3. The topological polar surface area (TPSA) is 79.3 Å². The number of pyridine rings is 1. The molecule has 1 aliphatic rings. The zero-order valence-corrected chi connectivity index (χ0v) is 15.3. The minimum Gasteiger partial charge on any atom is -0.508 e. The Morgan fingerprint density at radius 1 is 1.23 bits per heavy atom. The van der Waals surface area contributed by atoms with Crippen LogP contribution in [0, 0.1) is 0 Å². The van der Waals surface area contributed by atoms with E-state index < -0.39 is 0 Å². The summed E-state index contributed by atoms with van der Waals surface area (Å²) in [5.74, 6) is -0.244. The molecule has 3 rings (SSSR count). The first-order chi connectivity index (χ1) is 12.3. The monoisotopic (exact) mass is 372 g/mol. The summed E-state index contributed by atoms with van der Waals surface area (Å²) in [6.07, 6.45) is 4.84. The number of rotatable bonds is 6. The molecule has 6 heteroatoms. The van der Waals surface area contributed by atoms with E-state index in [1.54, 1.807) is 24.3 Å². The molecule has 2 aromatic rings. The van der Waals surface area contributed by atoms with Crippen LogP contribution in [-0.4, -0.2) is 27.3 Å². The first-order valence-corrected chi connectivity index (χ1v) is 8.99. The summed E-state index contributed by atoms with van der Waals surface area (Å²) < 4.78 is 0. The van der Waals surface area contributed by atoms with Gasteiger partial charge >= 0.3 is 0 Å². The second-order valence-electron chi connectivity index (χ2n) is 7.08. The summed E-state index contributed by atoms with van der Waals surface area (Å²) in [5.41, 5.74) is 1.38. The zero-order valence-electron chi connectivity index (χ0n) is 14.6. The van der Waals surface area contributed by atoms with Gasteiger partial charge in [-0.15, -0.1) is 0 Å². The van der Waals surface area contributed by atoms with Gasteiger partial charge in [0, 0.05) is 35.2 Å². The molecule has 1 fully saturated rings. The molecule has 0 radical (unpaired) electrons. The van der Waals surface area contributed by atoms with E-state index in [1.165, 1.54) is 12.3 Å². The van der Waals surface area contributed by atoms with Crippen LogP contribution >= 0.6 is 11.6 Å². The number of nitrogens with one attached hydrogen (secondary N) is 1. The van der Waals surface area contributed by atoms with E-state index in [4.69, 9.17) is 11.6 Å².